The second-order valence-electron chi connectivity index (χ2n) is 6.25. The van der Waals surface area contributed by atoms with Gasteiger partial charge in [-0.15, -0.1) is 0 Å². The van der Waals surface area contributed by atoms with Crippen LogP contribution in [-0.2, 0) is 4.79 Å². The fourth-order valence-corrected chi connectivity index (χ4v) is 3.09. The van der Waals surface area contributed by atoms with E-state index < -0.39 is 0 Å². The molecule has 1 aliphatic rings. The lowest BCUT2D eigenvalue weighted by molar-refractivity contribution is -0.117. The Bertz CT molecular complexity index is 450. The largest absolute Gasteiger partial charge is 0.326 e. The van der Waals surface area contributed by atoms with Gasteiger partial charge in [-0.3, -0.25) is 4.79 Å². The third-order valence-corrected chi connectivity index (χ3v) is 4.55. The highest BCUT2D eigenvalue weighted by atomic mass is 16.1. The molecule has 3 heteroatoms. The Labute approximate surface area is 128 Å². The highest BCUT2D eigenvalue weighted by Gasteiger charge is 2.16. The number of amides is 1. The molecular formula is C18H28N2O. The fourth-order valence-electron chi connectivity index (χ4n) is 3.09. The molecule has 0 aliphatic heterocycles. The van der Waals surface area contributed by atoms with Gasteiger partial charge in [0.05, 0.1) is 0 Å². The van der Waals surface area contributed by atoms with Crippen LogP contribution in [0.4, 0.5) is 5.69 Å². The molecule has 0 aromatic heterocycles. The average Bonchev–Trinajstić information content (AvgIpc) is 2.75. The monoisotopic (exact) mass is 288 g/mol. The number of anilines is 1. The zero-order valence-corrected chi connectivity index (χ0v) is 13.3. The maximum atomic E-state index is 12.2. The van der Waals surface area contributed by atoms with Gasteiger partial charge in [-0.05, 0) is 50.4 Å². The van der Waals surface area contributed by atoms with E-state index in [1.807, 2.05) is 19.2 Å². The van der Waals surface area contributed by atoms with Crippen molar-refractivity contribution in [2.24, 2.45) is 5.92 Å². The smallest absolute Gasteiger partial charge is 0.224 e. The van der Waals surface area contributed by atoms with Gasteiger partial charge in [-0.2, -0.15) is 0 Å². The van der Waals surface area contributed by atoms with E-state index >= 15 is 0 Å². The maximum absolute atomic E-state index is 12.2. The third-order valence-electron chi connectivity index (χ3n) is 4.55. The van der Waals surface area contributed by atoms with Crippen molar-refractivity contribution in [3.63, 3.8) is 0 Å². The highest BCUT2D eigenvalue weighted by molar-refractivity contribution is 5.90. The summed E-state index contributed by atoms with van der Waals surface area (Å²) < 4.78 is 0. The lowest BCUT2D eigenvalue weighted by Crippen LogP contribution is -2.17. The second kappa shape index (κ2) is 8.18. The molecule has 1 aromatic carbocycles. The molecule has 1 unspecified atom stereocenters. The van der Waals surface area contributed by atoms with Crippen LogP contribution in [0.15, 0.2) is 24.3 Å². The van der Waals surface area contributed by atoms with Gasteiger partial charge in [0.15, 0.2) is 0 Å². The molecule has 1 aliphatic carbocycles. The summed E-state index contributed by atoms with van der Waals surface area (Å²) in [6.07, 6.45) is 8.34. The predicted molar refractivity (Wildman–Crippen MR) is 88.4 cm³/mol. The minimum atomic E-state index is 0.163. The molecule has 116 valence electrons. The van der Waals surface area contributed by atoms with Crippen molar-refractivity contribution in [2.75, 3.05) is 12.4 Å². The standard InChI is InChI=1S/C18H28N2O/c1-14(19-2)16-10-7-11-17(13-16)20-18(21)12-15-8-5-3-4-6-9-15/h7,10-11,13-15,19H,3-6,8-9,12H2,1-2H3,(H,20,21). The van der Waals surface area contributed by atoms with Gasteiger partial charge in [0, 0.05) is 18.2 Å². The summed E-state index contributed by atoms with van der Waals surface area (Å²) in [4.78, 5) is 12.2. The minimum Gasteiger partial charge on any atom is -0.326 e. The zero-order chi connectivity index (χ0) is 15.1. The van der Waals surface area contributed by atoms with Crippen molar-refractivity contribution in [3.05, 3.63) is 29.8 Å². The van der Waals surface area contributed by atoms with Crippen molar-refractivity contribution < 1.29 is 4.79 Å². The first-order valence-corrected chi connectivity index (χ1v) is 8.26. The van der Waals surface area contributed by atoms with Gasteiger partial charge in [0.1, 0.15) is 0 Å². The third kappa shape index (κ3) is 5.16. The van der Waals surface area contributed by atoms with Gasteiger partial charge < -0.3 is 10.6 Å². The molecule has 0 saturated heterocycles. The molecule has 1 aromatic rings. The first-order valence-electron chi connectivity index (χ1n) is 8.26. The molecule has 1 fully saturated rings. The fraction of sp³-hybridized carbons (Fsp3) is 0.611. The first kappa shape index (κ1) is 16.0. The lowest BCUT2D eigenvalue weighted by Gasteiger charge is -2.15. The van der Waals surface area contributed by atoms with Crippen LogP contribution in [-0.4, -0.2) is 13.0 Å². The zero-order valence-electron chi connectivity index (χ0n) is 13.3. The van der Waals surface area contributed by atoms with Crippen LogP contribution < -0.4 is 10.6 Å². The number of carbonyl (C=O) groups is 1. The van der Waals surface area contributed by atoms with Crippen LogP contribution in [0.3, 0.4) is 0 Å². The number of benzene rings is 1. The van der Waals surface area contributed by atoms with E-state index in [-0.39, 0.29) is 5.91 Å². The lowest BCUT2D eigenvalue weighted by atomic mass is 9.96. The van der Waals surface area contributed by atoms with Gasteiger partial charge in [0.2, 0.25) is 5.91 Å². The number of hydrogen-bond acceptors (Lipinski definition) is 2. The van der Waals surface area contributed by atoms with Crippen molar-refractivity contribution in [2.45, 2.75) is 57.9 Å². The predicted octanol–water partition coefficient (Wildman–Crippen LogP) is 4.27. The van der Waals surface area contributed by atoms with Gasteiger partial charge >= 0.3 is 0 Å². The van der Waals surface area contributed by atoms with E-state index in [0.29, 0.717) is 18.4 Å². The number of carbonyl (C=O) groups excluding carboxylic acids is 1. The first-order chi connectivity index (χ1) is 10.2. The Morgan fingerprint density at radius 2 is 1.95 bits per heavy atom. The van der Waals surface area contributed by atoms with Crippen LogP contribution in [0.5, 0.6) is 0 Å². The molecule has 3 nitrogen and oxygen atoms in total. The Kier molecular flexibility index (Phi) is 6.24. The van der Waals surface area contributed by atoms with Crippen molar-refractivity contribution in [1.29, 1.82) is 0 Å². The number of nitrogens with one attached hydrogen (secondary N) is 2. The SMILES string of the molecule is CNC(C)c1cccc(NC(=O)CC2CCCCCC2)c1. The number of rotatable bonds is 5. The molecule has 0 bridgehead atoms. The molecule has 1 amide bonds. The van der Waals surface area contributed by atoms with Crippen LogP contribution in [0.2, 0.25) is 0 Å². The molecule has 0 spiro atoms. The van der Waals surface area contributed by atoms with Gasteiger partial charge in [0.25, 0.3) is 0 Å². The molecule has 0 heterocycles. The number of hydrogen-bond donors (Lipinski definition) is 2. The van der Waals surface area contributed by atoms with E-state index in [2.05, 4.69) is 29.7 Å². The Morgan fingerprint density at radius 1 is 1.24 bits per heavy atom. The highest BCUT2D eigenvalue weighted by Crippen LogP contribution is 2.26. The van der Waals surface area contributed by atoms with E-state index in [1.165, 1.54) is 44.1 Å². The summed E-state index contributed by atoms with van der Waals surface area (Å²) in [6.45, 7) is 2.12. The van der Waals surface area contributed by atoms with E-state index in [9.17, 15) is 4.79 Å². The Balaban J connectivity index is 1.89. The van der Waals surface area contributed by atoms with E-state index in [0.717, 1.165) is 5.69 Å². The minimum absolute atomic E-state index is 0.163. The maximum Gasteiger partial charge on any atom is 0.224 e. The summed E-state index contributed by atoms with van der Waals surface area (Å²) in [5, 5.41) is 6.28. The quantitative estimate of drug-likeness (QED) is 0.795. The van der Waals surface area contributed by atoms with Crippen LogP contribution in [0.1, 0.15) is 63.5 Å². The van der Waals surface area contributed by atoms with Gasteiger partial charge in [-0.25, -0.2) is 0 Å². The molecular weight excluding hydrogens is 260 g/mol. The van der Waals surface area contributed by atoms with Crippen molar-refractivity contribution >= 4 is 11.6 Å². The van der Waals surface area contributed by atoms with Crippen molar-refractivity contribution in [3.8, 4) is 0 Å². The Hall–Kier alpha value is -1.35. The molecule has 0 radical (unpaired) electrons. The van der Waals surface area contributed by atoms with Crippen LogP contribution >= 0.6 is 0 Å². The molecule has 2 rings (SSSR count). The van der Waals surface area contributed by atoms with E-state index in [4.69, 9.17) is 0 Å². The topological polar surface area (TPSA) is 41.1 Å². The summed E-state index contributed by atoms with van der Waals surface area (Å²) in [5.41, 5.74) is 2.11. The summed E-state index contributed by atoms with van der Waals surface area (Å²) in [5.74, 6) is 0.739. The molecule has 1 saturated carbocycles. The molecule has 21 heavy (non-hydrogen) atoms. The van der Waals surface area contributed by atoms with Crippen molar-refractivity contribution in [1.82, 2.24) is 5.32 Å². The normalized spacial score (nSPS) is 18.0. The molecule has 1 atom stereocenters. The van der Waals surface area contributed by atoms with Crippen LogP contribution in [0, 0.1) is 5.92 Å². The summed E-state index contributed by atoms with van der Waals surface area (Å²) in [7, 11) is 1.95. The van der Waals surface area contributed by atoms with E-state index in [1.54, 1.807) is 0 Å². The summed E-state index contributed by atoms with van der Waals surface area (Å²) in [6, 6.07) is 8.42. The van der Waals surface area contributed by atoms with Gasteiger partial charge in [-0.1, -0.05) is 37.8 Å². The second-order valence-corrected chi connectivity index (χ2v) is 6.25. The summed E-state index contributed by atoms with van der Waals surface area (Å²) >= 11 is 0. The Morgan fingerprint density at radius 3 is 2.62 bits per heavy atom. The van der Waals surface area contributed by atoms with Crippen LogP contribution in [0.25, 0.3) is 0 Å². The average molecular weight is 288 g/mol. The molecule has 2 N–H and O–H groups in total.